The number of nitrogens with one attached hydrogen (secondary N) is 1. The molecule has 1 aromatic carbocycles. The van der Waals surface area contributed by atoms with Gasteiger partial charge in [0, 0.05) is 32.7 Å². The first kappa shape index (κ1) is 19.9. The van der Waals surface area contributed by atoms with E-state index in [9.17, 15) is 4.79 Å². The summed E-state index contributed by atoms with van der Waals surface area (Å²) in [7, 11) is 0. The molecule has 1 unspecified atom stereocenters. The van der Waals surface area contributed by atoms with E-state index in [1.165, 1.54) is 5.56 Å². The van der Waals surface area contributed by atoms with Gasteiger partial charge in [0.15, 0.2) is 0 Å². The van der Waals surface area contributed by atoms with Gasteiger partial charge in [0.2, 0.25) is 5.91 Å². The standard InChI is InChI=1S/C20H33N3O2/c1-16(2)14-18-4-6-19(7-5-18)17(3)21-20(25)15-23-10-8-22(9-11-23)12-13-24/h4-7,16-17,24H,8-15H2,1-3H3,(H,21,25). The van der Waals surface area contributed by atoms with Gasteiger partial charge < -0.3 is 10.4 Å². The van der Waals surface area contributed by atoms with Crippen molar-refractivity contribution in [1.29, 1.82) is 0 Å². The van der Waals surface area contributed by atoms with E-state index in [4.69, 9.17) is 5.11 Å². The Bertz CT molecular complexity index is 522. The lowest BCUT2D eigenvalue weighted by atomic mass is 10.00. The fourth-order valence-electron chi connectivity index (χ4n) is 3.30. The number of amides is 1. The first-order valence-corrected chi connectivity index (χ1v) is 9.41. The molecule has 5 heteroatoms. The zero-order valence-corrected chi connectivity index (χ0v) is 15.9. The largest absolute Gasteiger partial charge is 0.395 e. The van der Waals surface area contributed by atoms with E-state index in [1.807, 2.05) is 6.92 Å². The van der Waals surface area contributed by atoms with Gasteiger partial charge in [-0.3, -0.25) is 14.6 Å². The molecule has 25 heavy (non-hydrogen) atoms. The number of aliphatic hydroxyl groups excluding tert-OH is 1. The number of aliphatic hydroxyl groups is 1. The molecular weight excluding hydrogens is 314 g/mol. The number of rotatable bonds is 8. The van der Waals surface area contributed by atoms with Gasteiger partial charge in [0.1, 0.15) is 0 Å². The number of carbonyl (C=O) groups excluding carboxylic acids is 1. The van der Waals surface area contributed by atoms with Gasteiger partial charge in [-0.1, -0.05) is 38.1 Å². The summed E-state index contributed by atoms with van der Waals surface area (Å²) in [4.78, 5) is 16.7. The summed E-state index contributed by atoms with van der Waals surface area (Å²) in [6, 6.07) is 8.60. The lowest BCUT2D eigenvalue weighted by Gasteiger charge is -2.34. The Labute approximate surface area is 152 Å². The van der Waals surface area contributed by atoms with Gasteiger partial charge in [0.05, 0.1) is 19.2 Å². The van der Waals surface area contributed by atoms with Gasteiger partial charge >= 0.3 is 0 Å². The Morgan fingerprint density at radius 1 is 1.08 bits per heavy atom. The van der Waals surface area contributed by atoms with Crippen LogP contribution in [0.5, 0.6) is 0 Å². The lowest BCUT2D eigenvalue weighted by Crippen LogP contribution is -2.50. The normalized spacial score (nSPS) is 17.6. The van der Waals surface area contributed by atoms with Crippen molar-refractivity contribution in [2.45, 2.75) is 33.2 Å². The zero-order chi connectivity index (χ0) is 18.2. The fraction of sp³-hybridized carbons (Fsp3) is 0.650. The molecule has 5 nitrogen and oxygen atoms in total. The number of hydrogen-bond donors (Lipinski definition) is 2. The molecule has 140 valence electrons. The summed E-state index contributed by atoms with van der Waals surface area (Å²) >= 11 is 0. The topological polar surface area (TPSA) is 55.8 Å². The number of nitrogens with zero attached hydrogens (tertiary/aromatic N) is 2. The second kappa shape index (κ2) is 9.90. The molecule has 1 amide bonds. The molecule has 1 fully saturated rings. The van der Waals surface area contributed by atoms with Crippen molar-refractivity contribution < 1.29 is 9.90 Å². The van der Waals surface area contributed by atoms with Crippen LogP contribution in [0.3, 0.4) is 0 Å². The molecule has 2 N–H and O–H groups in total. The van der Waals surface area contributed by atoms with E-state index in [0.29, 0.717) is 12.5 Å². The van der Waals surface area contributed by atoms with Crippen LogP contribution in [0.1, 0.15) is 37.9 Å². The molecule has 0 saturated carbocycles. The van der Waals surface area contributed by atoms with Gasteiger partial charge in [-0.2, -0.15) is 0 Å². The van der Waals surface area contributed by atoms with Crippen molar-refractivity contribution in [3.8, 4) is 0 Å². The number of piperazine rings is 1. The summed E-state index contributed by atoms with van der Waals surface area (Å²) < 4.78 is 0. The van der Waals surface area contributed by atoms with E-state index < -0.39 is 0 Å². The third kappa shape index (κ3) is 6.77. The summed E-state index contributed by atoms with van der Waals surface area (Å²) in [5.41, 5.74) is 2.49. The van der Waals surface area contributed by atoms with Crippen LogP contribution in [-0.2, 0) is 11.2 Å². The van der Waals surface area contributed by atoms with E-state index in [1.54, 1.807) is 0 Å². The molecule has 2 rings (SSSR count). The molecule has 1 aliphatic heterocycles. The van der Waals surface area contributed by atoms with Crippen LogP contribution in [0.2, 0.25) is 0 Å². The zero-order valence-electron chi connectivity index (χ0n) is 15.9. The molecule has 0 radical (unpaired) electrons. The molecular formula is C20H33N3O2. The molecule has 0 aliphatic carbocycles. The maximum atomic E-state index is 12.3. The summed E-state index contributed by atoms with van der Waals surface area (Å²) in [6.45, 7) is 11.5. The number of benzene rings is 1. The van der Waals surface area contributed by atoms with E-state index >= 15 is 0 Å². The predicted molar refractivity (Wildman–Crippen MR) is 102 cm³/mol. The maximum Gasteiger partial charge on any atom is 0.234 e. The molecule has 1 aliphatic rings. The van der Waals surface area contributed by atoms with Crippen LogP contribution >= 0.6 is 0 Å². The first-order chi connectivity index (χ1) is 12.0. The maximum absolute atomic E-state index is 12.3. The summed E-state index contributed by atoms with van der Waals surface area (Å²) in [5, 5.41) is 12.1. The van der Waals surface area contributed by atoms with E-state index in [2.05, 4.69) is 53.2 Å². The quantitative estimate of drug-likeness (QED) is 0.751. The van der Waals surface area contributed by atoms with E-state index in [0.717, 1.165) is 44.7 Å². The van der Waals surface area contributed by atoms with Crippen molar-refractivity contribution in [1.82, 2.24) is 15.1 Å². The molecule has 1 saturated heterocycles. The smallest absolute Gasteiger partial charge is 0.234 e. The van der Waals surface area contributed by atoms with Crippen molar-refractivity contribution in [3.05, 3.63) is 35.4 Å². The number of hydrogen-bond acceptors (Lipinski definition) is 4. The minimum absolute atomic E-state index is 0.0243. The van der Waals surface area contributed by atoms with Crippen molar-refractivity contribution >= 4 is 5.91 Å². The Kier molecular flexibility index (Phi) is 7.88. The number of β-amino-alcohol motifs (C(OH)–C–C–N with tert-alkyl or cyclic N) is 1. The second-order valence-corrected chi connectivity index (χ2v) is 7.47. The van der Waals surface area contributed by atoms with Crippen LogP contribution in [0, 0.1) is 5.92 Å². The minimum atomic E-state index is 0.0243. The average molecular weight is 348 g/mol. The Hall–Kier alpha value is -1.43. The van der Waals surface area contributed by atoms with Crippen LogP contribution < -0.4 is 5.32 Å². The highest BCUT2D eigenvalue weighted by Crippen LogP contribution is 2.15. The number of carbonyl (C=O) groups is 1. The van der Waals surface area contributed by atoms with Gasteiger partial charge in [0.25, 0.3) is 0 Å². The third-order valence-corrected chi connectivity index (χ3v) is 4.75. The van der Waals surface area contributed by atoms with Crippen LogP contribution in [0.4, 0.5) is 0 Å². The fourth-order valence-corrected chi connectivity index (χ4v) is 3.30. The molecule has 0 aromatic heterocycles. The summed E-state index contributed by atoms with van der Waals surface area (Å²) in [5.74, 6) is 0.732. The van der Waals surface area contributed by atoms with E-state index in [-0.39, 0.29) is 18.6 Å². The lowest BCUT2D eigenvalue weighted by molar-refractivity contribution is -0.123. The Morgan fingerprint density at radius 3 is 2.24 bits per heavy atom. The van der Waals surface area contributed by atoms with Crippen LogP contribution in [0.15, 0.2) is 24.3 Å². The minimum Gasteiger partial charge on any atom is -0.395 e. The van der Waals surface area contributed by atoms with Crippen LogP contribution in [0.25, 0.3) is 0 Å². The van der Waals surface area contributed by atoms with Gasteiger partial charge in [-0.25, -0.2) is 0 Å². The van der Waals surface area contributed by atoms with Gasteiger partial charge in [-0.15, -0.1) is 0 Å². The van der Waals surface area contributed by atoms with Gasteiger partial charge in [-0.05, 0) is 30.4 Å². The molecule has 1 aromatic rings. The highest BCUT2D eigenvalue weighted by atomic mass is 16.3. The van der Waals surface area contributed by atoms with Crippen molar-refractivity contribution in [2.75, 3.05) is 45.9 Å². The molecule has 1 atom stereocenters. The summed E-state index contributed by atoms with van der Waals surface area (Å²) in [6.07, 6.45) is 1.09. The highest BCUT2D eigenvalue weighted by molar-refractivity contribution is 5.78. The predicted octanol–water partition coefficient (Wildman–Crippen LogP) is 1.67. The van der Waals surface area contributed by atoms with Crippen molar-refractivity contribution in [2.24, 2.45) is 5.92 Å². The first-order valence-electron chi connectivity index (χ1n) is 9.41. The molecule has 0 spiro atoms. The SMILES string of the molecule is CC(C)Cc1ccc(C(C)NC(=O)CN2CCN(CCO)CC2)cc1. The van der Waals surface area contributed by atoms with Crippen molar-refractivity contribution in [3.63, 3.8) is 0 Å². The highest BCUT2D eigenvalue weighted by Gasteiger charge is 2.19. The molecule has 1 heterocycles. The third-order valence-electron chi connectivity index (χ3n) is 4.75. The molecule has 0 bridgehead atoms. The monoisotopic (exact) mass is 347 g/mol. The second-order valence-electron chi connectivity index (χ2n) is 7.47. The Balaban J connectivity index is 1.76. The average Bonchev–Trinajstić information content (AvgIpc) is 2.57. The van der Waals surface area contributed by atoms with Crippen LogP contribution in [-0.4, -0.2) is 66.7 Å². The Morgan fingerprint density at radius 2 is 1.68 bits per heavy atom.